The summed E-state index contributed by atoms with van der Waals surface area (Å²) in [4.78, 5) is 4.67. The van der Waals surface area contributed by atoms with Crippen LogP contribution in [0.1, 0.15) is 24.3 Å². The lowest BCUT2D eigenvalue weighted by Gasteiger charge is -2.34. The number of ether oxygens (including phenoxy) is 3. The van der Waals surface area contributed by atoms with Gasteiger partial charge in [-0.2, -0.15) is 0 Å². The van der Waals surface area contributed by atoms with Crippen LogP contribution in [0.2, 0.25) is 0 Å². The van der Waals surface area contributed by atoms with Gasteiger partial charge in [-0.25, -0.2) is 22.9 Å². The molecule has 6 rings (SSSR count). The zero-order chi connectivity index (χ0) is 27.9. The zero-order valence-corrected chi connectivity index (χ0v) is 22.1. The lowest BCUT2D eigenvalue weighted by atomic mass is 9.86. The third-order valence-corrected chi connectivity index (χ3v) is 7.96. The lowest BCUT2D eigenvalue weighted by molar-refractivity contribution is -0.156. The molecule has 4 aromatic rings. The number of nitrogens with two attached hydrogens (primary N) is 1. The fourth-order valence-electron chi connectivity index (χ4n) is 5.15. The second-order valence-electron chi connectivity index (χ2n) is 9.94. The second-order valence-corrected chi connectivity index (χ2v) is 11.5. The SMILES string of the molecule is NS(=O)(=O)c1ccc(-c2oc(CCOc3cc(F)cc([C@]45CO[C@@H](C[C@@H](O)C4)O5)c3)nc2-c2ccccc2)cc1. The number of oxazole rings is 1. The number of benzene rings is 3. The van der Waals surface area contributed by atoms with Gasteiger partial charge >= 0.3 is 0 Å². The number of sulfonamides is 1. The van der Waals surface area contributed by atoms with Crippen LogP contribution in [-0.4, -0.2) is 44.1 Å². The van der Waals surface area contributed by atoms with Crippen LogP contribution < -0.4 is 9.88 Å². The number of halogens is 1. The third-order valence-electron chi connectivity index (χ3n) is 7.04. The molecule has 2 saturated heterocycles. The summed E-state index contributed by atoms with van der Waals surface area (Å²) in [6.45, 7) is 0.383. The van der Waals surface area contributed by atoms with Gasteiger partial charge in [-0.3, -0.25) is 0 Å². The Bertz CT molecular complexity index is 1630. The van der Waals surface area contributed by atoms with Gasteiger partial charge in [-0.05, 0) is 42.0 Å². The van der Waals surface area contributed by atoms with Crippen LogP contribution in [0.15, 0.2) is 82.1 Å². The molecule has 2 aliphatic heterocycles. The fraction of sp³-hybridized carbons (Fsp3) is 0.276. The maximum absolute atomic E-state index is 14.6. The van der Waals surface area contributed by atoms with Crippen molar-refractivity contribution in [3.8, 4) is 28.3 Å². The molecule has 3 aromatic carbocycles. The molecule has 2 fully saturated rings. The highest BCUT2D eigenvalue weighted by Crippen LogP contribution is 2.44. The Kier molecular flexibility index (Phi) is 6.93. The largest absolute Gasteiger partial charge is 0.493 e. The highest BCUT2D eigenvalue weighted by Gasteiger charge is 2.49. The van der Waals surface area contributed by atoms with Crippen LogP contribution in [0, 0.1) is 5.82 Å². The van der Waals surface area contributed by atoms with Crippen molar-refractivity contribution < 1.29 is 36.5 Å². The standard InChI is InChI=1S/C29H27FN2O7S/c30-21-12-20(29-16-22(33)15-26(39-29)37-17-29)13-23(14-21)36-11-10-25-32-27(18-4-2-1-3-5-18)28(38-25)19-6-8-24(9-7-19)40(31,34)35/h1-9,12-14,22,26,33H,10-11,15-17H2,(H2,31,34,35)/t22-,26-,29-/m1/s1. The first kappa shape index (κ1) is 26.6. The van der Waals surface area contributed by atoms with E-state index in [0.717, 1.165) is 5.56 Å². The average molecular weight is 567 g/mol. The molecular weight excluding hydrogens is 539 g/mol. The van der Waals surface area contributed by atoms with Crippen molar-refractivity contribution in [3.05, 3.63) is 90.1 Å². The molecular formula is C29H27FN2O7S. The van der Waals surface area contributed by atoms with Crippen LogP contribution in [0.3, 0.4) is 0 Å². The van der Waals surface area contributed by atoms with E-state index in [-0.39, 0.29) is 24.5 Å². The van der Waals surface area contributed by atoms with Crippen molar-refractivity contribution in [3.63, 3.8) is 0 Å². The van der Waals surface area contributed by atoms with Gasteiger partial charge in [0.15, 0.2) is 17.9 Å². The third kappa shape index (κ3) is 5.38. The summed E-state index contributed by atoms with van der Waals surface area (Å²) < 4.78 is 61.5. The summed E-state index contributed by atoms with van der Waals surface area (Å²) in [6.07, 6.45) is -0.119. The number of fused-ring (bicyclic) bond motifs is 2. The molecule has 2 bridgehead atoms. The van der Waals surface area contributed by atoms with Crippen molar-refractivity contribution >= 4 is 10.0 Å². The zero-order valence-electron chi connectivity index (χ0n) is 21.3. The molecule has 3 N–H and O–H groups in total. The molecule has 9 nitrogen and oxygen atoms in total. The quantitative estimate of drug-likeness (QED) is 0.325. The molecule has 2 aliphatic rings. The summed E-state index contributed by atoms with van der Waals surface area (Å²) >= 11 is 0. The minimum absolute atomic E-state index is 0.00697. The van der Waals surface area contributed by atoms with E-state index in [1.165, 1.54) is 24.3 Å². The molecule has 0 aliphatic carbocycles. The predicted molar refractivity (Wildman–Crippen MR) is 142 cm³/mol. The number of primary sulfonamides is 1. The van der Waals surface area contributed by atoms with Gasteiger partial charge in [-0.1, -0.05) is 30.3 Å². The van der Waals surface area contributed by atoms with Crippen LogP contribution in [0.4, 0.5) is 4.39 Å². The Morgan fingerprint density at radius 1 is 1.07 bits per heavy atom. The Morgan fingerprint density at radius 3 is 2.60 bits per heavy atom. The number of hydrogen-bond acceptors (Lipinski definition) is 8. The summed E-state index contributed by atoms with van der Waals surface area (Å²) in [7, 11) is -3.83. The first-order valence-corrected chi connectivity index (χ1v) is 14.3. The Morgan fingerprint density at radius 2 is 1.85 bits per heavy atom. The van der Waals surface area contributed by atoms with Gasteiger partial charge in [0.25, 0.3) is 0 Å². The number of hydrogen-bond donors (Lipinski definition) is 2. The normalized spacial score (nSPS) is 22.4. The minimum Gasteiger partial charge on any atom is -0.493 e. The highest BCUT2D eigenvalue weighted by molar-refractivity contribution is 7.89. The van der Waals surface area contributed by atoms with E-state index in [0.29, 0.717) is 47.1 Å². The topological polar surface area (TPSA) is 134 Å². The van der Waals surface area contributed by atoms with E-state index < -0.39 is 33.8 Å². The monoisotopic (exact) mass is 566 g/mol. The van der Waals surface area contributed by atoms with Gasteiger partial charge in [0.1, 0.15) is 22.9 Å². The summed E-state index contributed by atoms with van der Waals surface area (Å²) in [6, 6.07) is 19.9. The first-order valence-electron chi connectivity index (χ1n) is 12.8. The van der Waals surface area contributed by atoms with Crippen molar-refractivity contribution in [1.29, 1.82) is 0 Å². The number of nitrogens with zero attached hydrogens (tertiary/aromatic N) is 1. The Labute approximate surface area is 230 Å². The molecule has 208 valence electrons. The highest BCUT2D eigenvalue weighted by atomic mass is 32.2. The smallest absolute Gasteiger partial charge is 0.238 e. The maximum Gasteiger partial charge on any atom is 0.238 e. The molecule has 0 spiro atoms. The average Bonchev–Trinajstić information content (AvgIpc) is 3.49. The molecule has 3 heterocycles. The summed E-state index contributed by atoms with van der Waals surface area (Å²) in [5.41, 5.74) is 1.69. The molecule has 0 amide bonds. The maximum atomic E-state index is 14.6. The summed E-state index contributed by atoms with van der Waals surface area (Å²) in [5.74, 6) is 0.690. The van der Waals surface area contributed by atoms with Crippen molar-refractivity contribution in [2.75, 3.05) is 13.2 Å². The van der Waals surface area contributed by atoms with E-state index in [2.05, 4.69) is 4.98 Å². The first-order chi connectivity index (χ1) is 19.2. The van der Waals surface area contributed by atoms with Gasteiger partial charge in [0.05, 0.1) is 30.6 Å². The number of aliphatic hydroxyl groups is 1. The molecule has 11 heteroatoms. The molecule has 1 aromatic heterocycles. The molecule has 3 atom stereocenters. The number of rotatable bonds is 8. The second kappa shape index (κ2) is 10.4. The van der Waals surface area contributed by atoms with Gasteiger partial charge in [0, 0.05) is 30.0 Å². The minimum atomic E-state index is -3.83. The van der Waals surface area contributed by atoms with Crippen LogP contribution in [-0.2, 0) is 31.5 Å². The van der Waals surface area contributed by atoms with Crippen molar-refractivity contribution in [1.82, 2.24) is 4.98 Å². The van der Waals surface area contributed by atoms with E-state index in [1.54, 1.807) is 18.2 Å². The molecule has 0 saturated carbocycles. The van der Waals surface area contributed by atoms with Crippen LogP contribution in [0.5, 0.6) is 5.75 Å². The molecule has 0 radical (unpaired) electrons. The lowest BCUT2D eigenvalue weighted by Crippen LogP contribution is -2.39. The number of aliphatic hydroxyl groups excluding tert-OH is 1. The Balaban J connectivity index is 1.22. The van der Waals surface area contributed by atoms with Gasteiger partial charge < -0.3 is 23.7 Å². The van der Waals surface area contributed by atoms with E-state index >= 15 is 0 Å². The predicted octanol–water partition coefficient (Wildman–Crippen LogP) is 4.14. The van der Waals surface area contributed by atoms with Gasteiger partial charge in [-0.15, -0.1) is 0 Å². The Hall–Kier alpha value is -3.61. The summed E-state index contributed by atoms with van der Waals surface area (Å²) in [5, 5.41) is 15.5. The molecule has 40 heavy (non-hydrogen) atoms. The van der Waals surface area contributed by atoms with Gasteiger partial charge in [0.2, 0.25) is 10.0 Å². The van der Waals surface area contributed by atoms with E-state index in [1.807, 2.05) is 30.3 Å². The van der Waals surface area contributed by atoms with Crippen LogP contribution >= 0.6 is 0 Å². The van der Waals surface area contributed by atoms with E-state index in [9.17, 15) is 17.9 Å². The number of aromatic nitrogens is 1. The van der Waals surface area contributed by atoms with Crippen molar-refractivity contribution in [2.24, 2.45) is 5.14 Å². The van der Waals surface area contributed by atoms with E-state index in [4.69, 9.17) is 23.8 Å². The van der Waals surface area contributed by atoms with Crippen molar-refractivity contribution in [2.45, 2.75) is 42.2 Å². The fourth-order valence-corrected chi connectivity index (χ4v) is 5.66. The molecule has 0 unspecified atom stereocenters. The van der Waals surface area contributed by atoms with Crippen LogP contribution in [0.25, 0.3) is 22.6 Å².